The largest absolute Gasteiger partial charge is 0.374 e. The fourth-order valence-corrected chi connectivity index (χ4v) is 4.17. The van der Waals surface area contributed by atoms with Gasteiger partial charge in [0, 0.05) is 38.4 Å². The second-order valence-corrected chi connectivity index (χ2v) is 7.17. The van der Waals surface area contributed by atoms with E-state index in [1.165, 1.54) is 10.5 Å². The molecule has 0 aliphatic carbocycles. The van der Waals surface area contributed by atoms with Gasteiger partial charge < -0.3 is 10.1 Å². The van der Waals surface area contributed by atoms with Crippen molar-refractivity contribution in [1.82, 2.24) is 19.4 Å². The van der Waals surface area contributed by atoms with E-state index in [1.807, 2.05) is 6.92 Å². The van der Waals surface area contributed by atoms with Crippen molar-refractivity contribution in [3.63, 3.8) is 0 Å². The molecule has 0 radical (unpaired) electrons. The van der Waals surface area contributed by atoms with E-state index in [0.717, 1.165) is 19.5 Å². The molecule has 1 N–H and O–H groups in total. The number of ether oxygens (including phenoxy) is 1. The molecule has 0 amide bonds. The lowest BCUT2D eigenvalue weighted by molar-refractivity contribution is 0.0194. The molecule has 2 fully saturated rings. The van der Waals surface area contributed by atoms with Crippen molar-refractivity contribution in [2.45, 2.75) is 36.9 Å². The van der Waals surface area contributed by atoms with Crippen molar-refractivity contribution in [3.05, 3.63) is 12.4 Å². The molecule has 2 atom stereocenters. The summed E-state index contributed by atoms with van der Waals surface area (Å²) in [4.78, 5) is 0.268. The summed E-state index contributed by atoms with van der Waals surface area (Å²) in [6, 6.07) is 0.101. The van der Waals surface area contributed by atoms with Crippen LogP contribution in [0.4, 0.5) is 0 Å². The zero-order chi connectivity index (χ0) is 14.2. The maximum Gasteiger partial charge on any atom is 0.246 e. The fraction of sp³-hybridized carbons (Fsp3) is 0.750. The zero-order valence-corrected chi connectivity index (χ0v) is 12.3. The summed E-state index contributed by atoms with van der Waals surface area (Å²) in [7, 11) is -3.46. The van der Waals surface area contributed by atoms with Crippen LogP contribution in [0.25, 0.3) is 0 Å². The molecule has 8 heteroatoms. The molecule has 3 rings (SSSR count). The Morgan fingerprint density at radius 2 is 2.35 bits per heavy atom. The van der Waals surface area contributed by atoms with Gasteiger partial charge in [0.05, 0.1) is 18.9 Å². The quantitative estimate of drug-likeness (QED) is 0.823. The maximum atomic E-state index is 12.6. The minimum absolute atomic E-state index is 0.0378. The Morgan fingerprint density at radius 3 is 3.10 bits per heavy atom. The molecule has 0 spiro atoms. The van der Waals surface area contributed by atoms with Gasteiger partial charge in [0.15, 0.2) is 0 Å². The van der Waals surface area contributed by atoms with E-state index in [9.17, 15) is 8.42 Å². The van der Waals surface area contributed by atoms with E-state index < -0.39 is 10.0 Å². The van der Waals surface area contributed by atoms with Crippen LogP contribution in [0, 0.1) is 0 Å². The first kappa shape index (κ1) is 14.0. The molecule has 3 heterocycles. The smallest absolute Gasteiger partial charge is 0.246 e. The lowest BCUT2D eigenvalue weighted by atomic mass is 10.2. The third kappa shape index (κ3) is 2.48. The van der Waals surface area contributed by atoms with E-state index in [4.69, 9.17) is 4.74 Å². The minimum Gasteiger partial charge on any atom is -0.374 e. The van der Waals surface area contributed by atoms with E-state index in [-0.39, 0.29) is 17.0 Å². The molecular formula is C12H20N4O3S. The van der Waals surface area contributed by atoms with Crippen LogP contribution in [0.15, 0.2) is 17.3 Å². The highest BCUT2D eigenvalue weighted by molar-refractivity contribution is 7.89. The summed E-state index contributed by atoms with van der Waals surface area (Å²) < 4.78 is 34.0. The van der Waals surface area contributed by atoms with Gasteiger partial charge in [-0.05, 0) is 6.42 Å². The third-order valence-corrected chi connectivity index (χ3v) is 5.56. The summed E-state index contributed by atoms with van der Waals surface area (Å²) in [5, 5.41) is 7.41. The number of hydrogen-bond donors (Lipinski definition) is 1. The highest BCUT2D eigenvalue weighted by Crippen LogP contribution is 2.23. The highest BCUT2D eigenvalue weighted by Gasteiger charge is 2.41. The molecule has 20 heavy (non-hydrogen) atoms. The van der Waals surface area contributed by atoms with Gasteiger partial charge in [-0.25, -0.2) is 8.42 Å². The number of nitrogens with one attached hydrogen (secondary N) is 1. The Kier molecular flexibility index (Phi) is 3.80. The Labute approximate surface area is 118 Å². The van der Waals surface area contributed by atoms with Crippen molar-refractivity contribution in [3.8, 4) is 0 Å². The minimum atomic E-state index is -3.46. The van der Waals surface area contributed by atoms with Gasteiger partial charge in [-0.3, -0.25) is 4.68 Å². The van der Waals surface area contributed by atoms with Gasteiger partial charge in [0.1, 0.15) is 4.90 Å². The van der Waals surface area contributed by atoms with Gasteiger partial charge >= 0.3 is 0 Å². The number of aromatic nitrogens is 2. The van der Waals surface area contributed by atoms with Crippen LogP contribution < -0.4 is 5.32 Å². The van der Waals surface area contributed by atoms with Crippen LogP contribution in [0.5, 0.6) is 0 Å². The average Bonchev–Trinajstić information content (AvgIpc) is 3.05. The van der Waals surface area contributed by atoms with Gasteiger partial charge in [-0.1, -0.05) is 6.92 Å². The predicted octanol–water partition coefficient (Wildman–Crippen LogP) is -0.346. The first-order valence-electron chi connectivity index (χ1n) is 6.99. The molecule has 0 aromatic carbocycles. The van der Waals surface area contributed by atoms with Crippen molar-refractivity contribution >= 4 is 10.0 Å². The normalized spacial score (nSPS) is 27.6. The van der Waals surface area contributed by atoms with Crippen LogP contribution in [-0.4, -0.2) is 60.9 Å². The van der Waals surface area contributed by atoms with E-state index >= 15 is 0 Å². The molecule has 0 unspecified atom stereocenters. The van der Waals surface area contributed by atoms with Gasteiger partial charge in [-0.2, -0.15) is 9.40 Å². The van der Waals surface area contributed by atoms with Crippen molar-refractivity contribution < 1.29 is 13.2 Å². The van der Waals surface area contributed by atoms with E-state index in [0.29, 0.717) is 19.7 Å². The number of rotatable bonds is 4. The molecule has 7 nitrogen and oxygen atoms in total. The third-order valence-electron chi connectivity index (χ3n) is 3.77. The second kappa shape index (κ2) is 5.44. The van der Waals surface area contributed by atoms with Crippen LogP contribution in [-0.2, 0) is 21.3 Å². The molecular weight excluding hydrogens is 280 g/mol. The molecule has 0 bridgehead atoms. The molecule has 2 aliphatic heterocycles. The number of sulfonamides is 1. The topological polar surface area (TPSA) is 76.5 Å². The van der Waals surface area contributed by atoms with Gasteiger partial charge in [-0.15, -0.1) is 0 Å². The molecule has 0 saturated carbocycles. The number of morpholine rings is 1. The summed E-state index contributed by atoms with van der Waals surface area (Å²) in [6.45, 7) is 5.06. The SMILES string of the molecule is CCCn1cc(S(=O)(=O)N2C[C@@H]3NCCO[C@H]3C2)cn1. The predicted molar refractivity (Wildman–Crippen MR) is 72.8 cm³/mol. The summed E-state index contributed by atoms with van der Waals surface area (Å²) in [5.41, 5.74) is 0. The van der Waals surface area contributed by atoms with E-state index in [2.05, 4.69) is 10.4 Å². The maximum absolute atomic E-state index is 12.6. The number of nitrogens with zero attached hydrogens (tertiary/aromatic N) is 3. The first-order chi connectivity index (χ1) is 9.61. The first-order valence-corrected chi connectivity index (χ1v) is 8.43. The van der Waals surface area contributed by atoms with Crippen molar-refractivity contribution in [2.24, 2.45) is 0 Å². The summed E-state index contributed by atoms with van der Waals surface area (Å²) in [5.74, 6) is 0. The second-order valence-electron chi connectivity index (χ2n) is 5.23. The zero-order valence-electron chi connectivity index (χ0n) is 11.5. The van der Waals surface area contributed by atoms with Gasteiger partial charge in [0.25, 0.3) is 0 Å². The standard InChI is InChI=1S/C12H20N4O3S/c1-2-4-15-7-10(6-14-15)20(17,18)16-8-11-12(9-16)19-5-3-13-11/h6-7,11-13H,2-5,8-9H2,1H3/t11-,12-/m0/s1. The average molecular weight is 300 g/mol. The Bertz CT molecular complexity index is 557. The fourth-order valence-electron chi connectivity index (χ4n) is 2.73. The molecule has 2 aliphatic rings. The molecule has 1 aromatic rings. The highest BCUT2D eigenvalue weighted by atomic mass is 32.2. The lowest BCUT2D eigenvalue weighted by Gasteiger charge is -2.25. The number of hydrogen-bond acceptors (Lipinski definition) is 5. The van der Waals surface area contributed by atoms with Crippen molar-refractivity contribution in [2.75, 3.05) is 26.2 Å². The number of aryl methyl sites for hydroxylation is 1. The molecule has 1 aromatic heterocycles. The van der Waals surface area contributed by atoms with Crippen LogP contribution in [0.1, 0.15) is 13.3 Å². The van der Waals surface area contributed by atoms with E-state index in [1.54, 1.807) is 10.9 Å². The summed E-state index contributed by atoms with van der Waals surface area (Å²) in [6.07, 6.45) is 3.92. The summed E-state index contributed by atoms with van der Waals surface area (Å²) >= 11 is 0. The lowest BCUT2D eigenvalue weighted by Crippen LogP contribution is -2.47. The Balaban J connectivity index is 1.77. The molecule has 2 saturated heterocycles. The number of fused-ring (bicyclic) bond motifs is 1. The van der Waals surface area contributed by atoms with Crippen LogP contribution >= 0.6 is 0 Å². The van der Waals surface area contributed by atoms with Gasteiger partial charge in [0.2, 0.25) is 10.0 Å². The molecule has 112 valence electrons. The Morgan fingerprint density at radius 1 is 1.50 bits per heavy atom. The van der Waals surface area contributed by atoms with Crippen LogP contribution in [0.3, 0.4) is 0 Å². The van der Waals surface area contributed by atoms with Crippen LogP contribution in [0.2, 0.25) is 0 Å². The Hall–Kier alpha value is -0.960. The van der Waals surface area contributed by atoms with Crippen molar-refractivity contribution in [1.29, 1.82) is 0 Å². The monoisotopic (exact) mass is 300 g/mol.